The summed E-state index contributed by atoms with van der Waals surface area (Å²) in [5, 5.41) is 11.7. The van der Waals surface area contributed by atoms with E-state index in [1.165, 1.54) is 0 Å². The third-order valence-corrected chi connectivity index (χ3v) is 3.86. The van der Waals surface area contributed by atoms with Crippen LogP contribution in [0.25, 0.3) is 0 Å². The molecule has 5 heteroatoms. The molecule has 0 fully saturated rings. The fourth-order valence-corrected chi connectivity index (χ4v) is 1.71. The van der Waals surface area contributed by atoms with Crippen molar-refractivity contribution in [3.05, 3.63) is 34.9 Å². The lowest BCUT2D eigenvalue weighted by Gasteiger charge is -2.27. The number of ether oxygens (including phenoxy) is 1. The van der Waals surface area contributed by atoms with E-state index in [-0.39, 0.29) is 5.92 Å². The molecule has 1 aromatic rings. The highest BCUT2D eigenvalue weighted by molar-refractivity contribution is 5.91. The second-order valence-corrected chi connectivity index (χ2v) is 5.89. The predicted molar refractivity (Wildman–Crippen MR) is 83.2 cm³/mol. The van der Waals surface area contributed by atoms with Crippen molar-refractivity contribution >= 4 is 11.9 Å². The molecule has 1 amide bonds. The lowest BCUT2D eigenvalue weighted by Crippen LogP contribution is -2.50. The maximum atomic E-state index is 11.9. The highest BCUT2D eigenvalue weighted by Gasteiger charge is 2.30. The first-order valence-corrected chi connectivity index (χ1v) is 7.16. The number of benzene rings is 1. The van der Waals surface area contributed by atoms with Crippen LogP contribution < -0.4 is 5.32 Å². The third-order valence-electron chi connectivity index (χ3n) is 3.86. The van der Waals surface area contributed by atoms with Gasteiger partial charge < -0.3 is 10.1 Å². The number of carbonyl (C=O) groups is 2. The molecule has 0 heterocycles. The number of nitrogens with one attached hydrogen (secondary N) is 1. The quantitative estimate of drug-likeness (QED) is 0.848. The molecule has 1 aromatic carbocycles. The van der Waals surface area contributed by atoms with Gasteiger partial charge in [0.15, 0.2) is 6.61 Å². The Kier molecular flexibility index (Phi) is 5.69. The first-order chi connectivity index (χ1) is 10.2. The van der Waals surface area contributed by atoms with Crippen molar-refractivity contribution in [2.45, 2.75) is 40.2 Å². The Labute approximate surface area is 131 Å². The molecule has 0 aliphatic carbocycles. The van der Waals surface area contributed by atoms with Crippen molar-refractivity contribution in [2.24, 2.45) is 5.92 Å². The van der Waals surface area contributed by atoms with E-state index in [1.54, 1.807) is 19.1 Å². The van der Waals surface area contributed by atoms with E-state index in [2.05, 4.69) is 11.4 Å². The Morgan fingerprint density at radius 1 is 1.32 bits per heavy atom. The molecule has 118 valence electrons. The van der Waals surface area contributed by atoms with E-state index < -0.39 is 24.0 Å². The first kappa shape index (κ1) is 17.7. The fourth-order valence-electron chi connectivity index (χ4n) is 1.71. The maximum absolute atomic E-state index is 11.9. The average Bonchev–Trinajstić information content (AvgIpc) is 2.47. The van der Waals surface area contributed by atoms with Gasteiger partial charge in [0.25, 0.3) is 5.91 Å². The van der Waals surface area contributed by atoms with Crippen LogP contribution in [0.4, 0.5) is 0 Å². The van der Waals surface area contributed by atoms with Crippen molar-refractivity contribution in [3.8, 4) is 6.07 Å². The molecule has 0 saturated carbocycles. The molecule has 0 unspecified atom stereocenters. The second kappa shape index (κ2) is 7.08. The summed E-state index contributed by atoms with van der Waals surface area (Å²) in [4.78, 5) is 23.8. The molecule has 0 bridgehead atoms. The summed E-state index contributed by atoms with van der Waals surface area (Å²) in [5.41, 5.74) is 1.49. The average molecular weight is 302 g/mol. The van der Waals surface area contributed by atoms with Gasteiger partial charge in [-0.2, -0.15) is 5.26 Å². The van der Waals surface area contributed by atoms with Crippen LogP contribution in [0.5, 0.6) is 0 Å². The largest absolute Gasteiger partial charge is 0.452 e. The van der Waals surface area contributed by atoms with Crippen molar-refractivity contribution < 1.29 is 14.3 Å². The molecule has 1 atom stereocenters. The smallest absolute Gasteiger partial charge is 0.338 e. The van der Waals surface area contributed by atoms with E-state index >= 15 is 0 Å². The summed E-state index contributed by atoms with van der Waals surface area (Å²) < 4.78 is 4.99. The summed E-state index contributed by atoms with van der Waals surface area (Å²) >= 11 is 0. The van der Waals surface area contributed by atoms with Gasteiger partial charge >= 0.3 is 5.97 Å². The number of hydrogen-bond acceptors (Lipinski definition) is 4. The monoisotopic (exact) mass is 302 g/mol. The van der Waals surface area contributed by atoms with E-state index in [1.807, 2.05) is 33.8 Å². The number of nitriles is 1. The van der Waals surface area contributed by atoms with Crippen molar-refractivity contribution in [2.75, 3.05) is 6.61 Å². The lowest BCUT2D eigenvalue weighted by atomic mass is 9.90. The van der Waals surface area contributed by atoms with Crippen LogP contribution >= 0.6 is 0 Å². The van der Waals surface area contributed by atoms with Crippen LogP contribution in [-0.4, -0.2) is 24.0 Å². The van der Waals surface area contributed by atoms with E-state index in [4.69, 9.17) is 10.00 Å². The molecule has 0 aliphatic rings. The van der Waals surface area contributed by atoms with Crippen LogP contribution in [-0.2, 0) is 9.53 Å². The second-order valence-electron chi connectivity index (χ2n) is 5.89. The summed E-state index contributed by atoms with van der Waals surface area (Å²) in [6.07, 6.45) is 0. The highest BCUT2D eigenvalue weighted by atomic mass is 16.5. The number of hydrogen-bond donors (Lipinski definition) is 1. The number of amides is 1. The molecule has 22 heavy (non-hydrogen) atoms. The van der Waals surface area contributed by atoms with Crippen molar-refractivity contribution in [1.29, 1.82) is 5.26 Å². The molecular formula is C17H22N2O3. The number of aryl methyl sites for hydroxylation is 2. The zero-order chi connectivity index (χ0) is 16.9. The standard InChI is InChI=1S/C17H22N2O3/c1-11(2)17(5,10-18)19-15(20)9-22-16(21)14-7-6-12(3)13(4)8-14/h6-8,11H,9H2,1-5H3,(H,19,20)/t17-/m1/s1. The SMILES string of the molecule is Cc1ccc(C(=O)OCC(=O)N[C@](C)(C#N)C(C)C)cc1C. The molecule has 0 spiro atoms. The Balaban J connectivity index is 2.62. The number of rotatable bonds is 5. The van der Waals surface area contributed by atoms with E-state index in [0.29, 0.717) is 5.56 Å². The summed E-state index contributed by atoms with van der Waals surface area (Å²) in [5.74, 6) is -1.10. The van der Waals surface area contributed by atoms with Gasteiger partial charge in [-0.15, -0.1) is 0 Å². The molecule has 5 nitrogen and oxygen atoms in total. The Bertz CT molecular complexity index is 617. The molecule has 0 aliphatic heterocycles. The summed E-state index contributed by atoms with van der Waals surface area (Å²) in [6.45, 7) is 8.76. The zero-order valence-electron chi connectivity index (χ0n) is 13.7. The van der Waals surface area contributed by atoms with Gasteiger partial charge in [-0.25, -0.2) is 4.79 Å². The minimum atomic E-state index is -0.982. The molecule has 0 radical (unpaired) electrons. The molecule has 0 saturated heterocycles. The fraction of sp³-hybridized carbons (Fsp3) is 0.471. The molecular weight excluding hydrogens is 280 g/mol. The van der Waals surface area contributed by atoms with E-state index in [0.717, 1.165) is 11.1 Å². The maximum Gasteiger partial charge on any atom is 0.338 e. The van der Waals surface area contributed by atoms with Gasteiger partial charge in [-0.05, 0) is 49.9 Å². The Morgan fingerprint density at radius 2 is 1.95 bits per heavy atom. The van der Waals surface area contributed by atoms with Crippen molar-refractivity contribution in [1.82, 2.24) is 5.32 Å². The van der Waals surface area contributed by atoms with Crippen LogP contribution in [0.2, 0.25) is 0 Å². The van der Waals surface area contributed by atoms with Crippen molar-refractivity contribution in [3.63, 3.8) is 0 Å². The minimum Gasteiger partial charge on any atom is -0.452 e. The van der Waals surface area contributed by atoms with Gasteiger partial charge in [0.2, 0.25) is 0 Å². The van der Waals surface area contributed by atoms with E-state index in [9.17, 15) is 9.59 Å². The van der Waals surface area contributed by atoms with Gasteiger partial charge in [-0.1, -0.05) is 19.9 Å². The Morgan fingerprint density at radius 3 is 2.45 bits per heavy atom. The molecule has 1 rings (SSSR count). The Hall–Kier alpha value is -2.35. The number of carbonyl (C=O) groups excluding carboxylic acids is 2. The lowest BCUT2D eigenvalue weighted by molar-refractivity contribution is -0.125. The topological polar surface area (TPSA) is 79.2 Å². The predicted octanol–water partition coefficient (Wildman–Crippen LogP) is 2.51. The minimum absolute atomic E-state index is 0.0584. The van der Waals surface area contributed by atoms with Gasteiger partial charge in [-0.3, -0.25) is 4.79 Å². The summed E-state index contributed by atoms with van der Waals surface area (Å²) in [7, 11) is 0. The van der Waals surface area contributed by atoms with Crippen LogP contribution in [0.3, 0.4) is 0 Å². The first-order valence-electron chi connectivity index (χ1n) is 7.16. The van der Waals surface area contributed by atoms with Crippen LogP contribution in [0.1, 0.15) is 42.3 Å². The normalized spacial score (nSPS) is 13.1. The third kappa shape index (κ3) is 4.32. The highest BCUT2D eigenvalue weighted by Crippen LogP contribution is 2.15. The van der Waals surface area contributed by atoms with Crippen LogP contribution in [0.15, 0.2) is 18.2 Å². The summed E-state index contributed by atoms with van der Waals surface area (Å²) in [6, 6.07) is 7.29. The van der Waals surface area contributed by atoms with Gasteiger partial charge in [0, 0.05) is 0 Å². The zero-order valence-corrected chi connectivity index (χ0v) is 13.7. The number of esters is 1. The molecule has 0 aromatic heterocycles. The van der Waals surface area contributed by atoms with Gasteiger partial charge in [0.1, 0.15) is 5.54 Å². The van der Waals surface area contributed by atoms with Crippen LogP contribution in [0, 0.1) is 31.1 Å². The van der Waals surface area contributed by atoms with Gasteiger partial charge in [0.05, 0.1) is 11.6 Å². The molecule has 1 N–H and O–H groups in total. The number of nitrogens with zero attached hydrogens (tertiary/aromatic N) is 1.